The van der Waals surface area contributed by atoms with Gasteiger partial charge in [-0.25, -0.2) is 0 Å². The maximum absolute atomic E-state index is 11.1. The second-order valence-electron chi connectivity index (χ2n) is 8.08. The first-order valence-corrected chi connectivity index (χ1v) is 9.59. The molecule has 31 heavy (non-hydrogen) atoms. The minimum atomic E-state index is -1.81. The molecule has 2 aliphatic heterocycles. The summed E-state index contributed by atoms with van der Waals surface area (Å²) in [6.07, 6.45) is -16.4. The molecule has 0 unspecified atom stereocenters. The van der Waals surface area contributed by atoms with Crippen molar-refractivity contribution < 1.29 is 64.6 Å². The molecule has 14 nitrogen and oxygen atoms in total. The summed E-state index contributed by atoms with van der Waals surface area (Å²) in [4.78, 5) is 11.1. The molecule has 0 bridgehead atoms. The minimum absolute atomic E-state index is 0.451. The topological polar surface area (TPSA) is 242 Å². The van der Waals surface area contributed by atoms with E-state index in [1.807, 2.05) is 0 Å². The fraction of sp³-hybridized carbons (Fsp3) is 0.941. The summed E-state index contributed by atoms with van der Waals surface area (Å²) in [5, 5.41) is 78.5. The fourth-order valence-electron chi connectivity index (χ4n) is 3.16. The largest absolute Gasteiger partial charge is 0.480 e. The van der Waals surface area contributed by atoms with Gasteiger partial charge in [-0.1, -0.05) is 0 Å². The Bertz CT molecular complexity index is 605. The Morgan fingerprint density at radius 3 is 1.81 bits per heavy atom. The third-order valence-electron chi connectivity index (χ3n) is 5.42. The minimum Gasteiger partial charge on any atom is -0.480 e. The summed E-state index contributed by atoms with van der Waals surface area (Å²) in [6, 6.07) is -1.41. The van der Waals surface area contributed by atoms with Gasteiger partial charge in [-0.3, -0.25) is 4.79 Å². The molecule has 14 heteroatoms. The molecule has 0 spiro atoms. The molecule has 0 saturated carbocycles. The Morgan fingerprint density at radius 1 is 0.903 bits per heavy atom. The number of ether oxygens (including phenoxy) is 4. The van der Waals surface area contributed by atoms with Crippen molar-refractivity contribution in [1.29, 1.82) is 0 Å². The number of carboxylic acids is 1. The van der Waals surface area contributed by atoms with Crippen LogP contribution in [0.5, 0.6) is 0 Å². The van der Waals surface area contributed by atoms with Crippen LogP contribution in [0, 0.1) is 0 Å². The first-order valence-electron chi connectivity index (χ1n) is 9.59. The monoisotopic (exact) mass is 457 g/mol. The number of carboxylic acid groups (broad SMARTS) is 1. The number of nitrogens with two attached hydrogens (primary N) is 1. The van der Waals surface area contributed by atoms with E-state index in [2.05, 4.69) is 0 Å². The van der Waals surface area contributed by atoms with E-state index in [9.17, 15) is 40.5 Å². The standard InChI is InChI=1S/C17H31NO13/c1-17(2,13(18)14(26)27)28-4-6-8(21)10(23)12(25)16(30-6)31-15-11(24)9(22)7(20)5(3-19)29-15/h5-13,15-16,19-25H,3-4,18H2,1-2H3,(H,26,27)/t5-,6-,7-,8-,9+,10+,11-,12-,13-,15-,16-/m1/s1. The van der Waals surface area contributed by atoms with Gasteiger partial charge < -0.3 is 65.5 Å². The van der Waals surface area contributed by atoms with Gasteiger partial charge in [-0.05, 0) is 13.8 Å². The van der Waals surface area contributed by atoms with Crippen molar-refractivity contribution in [3.63, 3.8) is 0 Å². The second kappa shape index (κ2) is 10.3. The molecule has 0 aromatic carbocycles. The van der Waals surface area contributed by atoms with Crippen LogP contribution in [0.4, 0.5) is 0 Å². The normalized spacial score (nSPS) is 42.9. The Morgan fingerprint density at radius 2 is 1.35 bits per heavy atom. The van der Waals surface area contributed by atoms with Crippen LogP contribution in [0.15, 0.2) is 0 Å². The van der Waals surface area contributed by atoms with Gasteiger partial charge in [0.1, 0.15) is 54.9 Å². The molecule has 11 atom stereocenters. The molecule has 0 amide bonds. The lowest BCUT2D eigenvalue weighted by Crippen LogP contribution is -2.64. The molecule has 10 N–H and O–H groups in total. The molecule has 0 aromatic heterocycles. The average Bonchev–Trinajstić information content (AvgIpc) is 2.72. The van der Waals surface area contributed by atoms with E-state index in [4.69, 9.17) is 29.8 Å². The van der Waals surface area contributed by atoms with Gasteiger partial charge in [0.05, 0.1) is 18.8 Å². The average molecular weight is 457 g/mol. The lowest BCUT2D eigenvalue weighted by Gasteiger charge is -2.45. The van der Waals surface area contributed by atoms with Crippen molar-refractivity contribution in [2.24, 2.45) is 5.73 Å². The number of rotatable bonds is 8. The predicted molar refractivity (Wildman–Crippen MR) is 97.2 cm³/mol. The van der Waals surface area contributed by atoms with E-state index in [1.165, 1.54) is 13.8 Å². The highest BCUT2D eigenvalue weighted by atomic mass is 16.8. The van der Waals surface area contributed by atoms with E-state index < -0.39 is 92.2 Å². The highest BCUT2D eigenvalue weighted by Crippen LogP contribution is 2.29. The molecule has 2 heterocycles. The smallest absolute Gasteiger partial charge is 0.323 e. The van der Waals surface area contributed by atoms with Gasteiger partial charge in [0.15, 0.2) is 12.6 Å². The predicted octanol–water partition coefficient (Wildman–Crippen LogP) is -5.18. The maximum atomic E-state index is 11.1. The highest BCUT2D eigenvalue weighted by molar-refractivity contribution is 5.74. The summed E-state index contributed by atoms with van der Waals surface area (Å²) >= 11 is 0. The lowest BCUT2D eigenvalue weighted by molar-refractivity contribution is -0.377. The van der Waals surface area contributed by atoms with Crippen molar-refractivity contribution >= 4 is 5.97 Å². The number of aliphatic hydroxyl groups is 7. The van der Waals surface area contributed by atoms with Crippen LogP contribution in [-0.2, 0) is 23.7 Å². The molecular weight excluding hydrogens is 426 g/mol. The van der Waals surface area contributed by atoms with Gasteiger partial charge in [0.2, 0.25) is 0 Å². The van der Waals surface area contributed by atoms with Gasteiger partial charge >= 0.3 is 5.97 Å². The van der Waals surface area contributed by atoms with Crippen LogP contribution in [0.25, 0.3) is 0 Å². The summed E-state index contributed by atoms with van der Waals surface area (Å²) in [5.74, 6) is -1.32. The molecule has 0 aliphatic carbocycles. The van der Waals surface area contributed by atoms with Crippen molar-refractivity contribution in [2.75, 3.05) is 13.2 Å². The van der Waals surface area contributed by atoms with E-state index >= 15 is 0 Å². The van der Waals surface area contributed by atoms with Gasteiger partial charge in [0, 0.05) is 0 Å². The van der Waals surface area contributed by atoms with E-state index in [0.717, 1.165) is 0 Å². The molecular formula is C17H31NO13. The fourth-order valence-corrected chi connectivity index (χ4v) is 3.16. The van der Waals surface area contributed by atoms with Crippen molar-refractivity contribution in [3.8, 4) is 0 Å². The van der Waals surface area contributed by atoms with E-state index in [0.29, 0.717) is 0 Å². The molecule has 2 aliphatic rings. The molecule has 0 radical (unpaired) electrons. The van der Waals surface area contributed by atoms with Crippen molar-refractivity contribution in [2.45, 2.75) is 86.9 Å². The highest BCUT2D eigenvalue weighted by Gasteiger charge is 2.50. The lowest BCUT2D eigenvalue weighted by atomic mass is 9.97. The summed E-state index contributed by atoms with van der Waals surface area (Å²) in [7, 11) is 0. The van der Waals surface area contributed by atoms with Gasteiger partial charge in [0.25, 0.3) is 0 Å². The quantitative estimate of drug-likeness (QED) is 0.165. The molecule has 2 rings (SSSR count). The van der Waals surface area contributed by atoms with Crippen LogP contribution >= 0.6 is 0 Å². The number of aliphatic carboxylic acids is 1. The van der Waals surface area contributed by atoms with Crippen molar-refractivity contribution in [3.05, 3.63) is 0 Å². The summed E-state index contributed by atoms with van der Waals surface area (Å²) in [6.45, 7) is 1.63. The second-order valence-corrected chi connectivity index (χ2v) is 8.08. The first-order chi connectivity index (χ1) is 14.3. The summed E-state index contributed by atoms with van der Waals surface area (Å²) in [5.41, 5.74) is 4.17. The van der Waals surface area contributed by atoms with Crippen LogP contribution in [0.2, 0.25) is 0 Å². The van der Waals surface area contributed by atoms with Gasteiger partial charge in [-0.2, -0.15) is 0 Å². The number of carbonyl (C=O) groups is 1. The number of hydrogen-bond donors (Lipinski definition) is 9. The first kappa shape index (κ1) is 26.2. The van der Waals surface area contributed by atoms with Crippen LogP contribution < -0.4 is 5.73 Å². The Labute approximate surface area is 177 Å². The van der Waals surface area contributed by atoms with Crippen LogP contribution in [0.1, 0.15) is 13.8 Å². The number of aliphatic hydroxyl groups excluding tert-OH is 7. The maximum Gasteiger partial charge on any atom is 0.323 e. The van der Waals surface area contributed by atoms with Crippen LogP contribution in [-0.4, -0.2) is 133 Å². The number of hydrogen-bond acceptors (Lipinski definition) is 13. The third-order valence-corrected chi connectivity index (χ3v) is 5.42. The molecule has 0 aromatic rings. The summed E-state index contributed by atoms with van der Waals surface area (Å²) < 4.78 is 21.3. The Balaban J connectivity index is 2.08. The molecule has 182 valence electrons. The Hall–Kier alpha value is -1.01. The van der Waals surface area contributed by atoms with E-state index in [1.54, 1.807) is 0 Å². The zero-order chi connectivity index (χ0) is 23.7. The zero-order valence-corrected chi connectivity index (χ0v) is 17.0. The van der Waals surface area contributed by atoms with Crippen molar-refractivity contribution in [1.82, 2.24) is 0 Å². The van der Waals surface area contributed by atoms with E-state index in [-0.39, 0.29) is 0 Å². The van der Waals surface area contributed by atoms with Crippen LogP contribution in [0.3, 0.4) is 0 Å². The Kier molecular flexibility index (Phi) is 8.71. The van der Waals surface area contributed by atoms with Gasteiger partial charge in [-0.15, -0.1) is 0 Å². The SMILES string of the molecule is CC(C)(OC[C@H]1O[C@H](O[C@H]2O[C@H](CO)[C@@H](O)[C@H](O)[C@H]2O)[C@H](O)[C@@H](O)[C@@H]1O)[C@H](N)C(=O)O. The molecule has 2 saturated heterocycles. The zero-order valence-electron chi connectivity index (χ0n) is 17.0. The third kappa shape index (κ3) is 5.68. The molecule has 2 fully saturated rings.